The number of aliphatic hydroxyl groups excluding tert-OH is 1. The number of nitrogens with one attached hydrogen (secondary N) is 2. The van der Waals surface area contributed by atoms with E-state index >= 15 is 0 Å². The van der Waals surface area contributed by atoms with Gasteiger partial charge in [-0.3, -0.25) is 14.3 Å². The molecule has 88 valence electrons. The summed E-state index contributed by atoms with van der Waals surface area (Å²) >= 11 is 0. The van der Waals surface area contributed by atoms with Gasteiger partial charge in [0, 0.05) is 7.05 Å². The highest BCUT2D eigenvalue weighted by atomic mass is 16.3. The number of aromatic hydroxyl groups is 1. The lowest BCUT2D eigenvalue weighted by atomic mass is 10.3. The molecule has 0 radical (unpaired) electrons. The summed E-state index contributed by atoms with van der Waals surface area (Å²) in [7, 11) is 1.31. The number of H-pyrrole nitrogens is 1. The topological polar surface area (TPSA) is 120 Å². The minimum absolute atomic E-state index is 0.104. The predicted octanol–water partition coefficient (Wildman–Crippen LogP) is -2.30. The van der Waals surface area contributed by atoms with Crippen LogP contribution < -0.4 is 16.7 Å². The first kappa shape index (κ1) is 12.0. The van der Waals surface area contributed by atoms with Crippen molar-refractivity contribution >= 4 is 6.21 Å². The fourth-order valence-electron chi connectivity index (χ4n) is 0.968. The van der Waals surface area contributed by atoms with Crippen LogP contribution in [-0.4, -0.2) is 39.1 Å². The molecule has 4 N–H and O–H groups in total. The van der Waals surface area contributed by atoms with Gasteiger partial charge in [-0.2, -0.15) is 5.10 Å². The minimum atomic E-state index is -0.727. The highest BCUT2D eigenvalue weighted by Crippen LogP contribution is 2.04. The fraction of sp³-hybridized carbons (Fsp3) is 0.375. The van der Waals surface area contributed by atoms with Crippen LogP contribution in [0.3, 0.4) is 0 Å². The normalized spacial score (nSPS) is 10.9. The molecule has 1 rings (SSSR count). The van der Waals surface area contributed by atoms with Crippen LogP contribution in [0.1, 0.15) is 5.56 Å². The zero-order valence-electron chi connectivity index (χ0n) is 8.60. The maximum Gasteiger partial charge on any atom is 0.330 e. The van der Waals surface area contributed by atoms with Crippen LogP contribution in [0.2, 0.25) is 0 Å². The van der Waals surface area contributed by atoms with Crippen LogP contribution in [-0.2, 0) is 7.05 Å². The Morgan fingerprint density at radius 1 is 1.56 bits per heavy atom. The van der Waals surface area contributed by atoms with Gasteiger partial charge in [-0.1, -0.05) is 0 Å². The molecule has 1 aromatic rings. The second-order valence-electron chi connectivity index (χ2n) is 2.95. The third-order valence-corrected chi connectivity index (χ3v) is 1.84. The molecule has 0 aliphatic rings. The van der Waals surface area contributed by atoms with Crippen LogP contribution in [0.25, 0.3) is 0 Å². The van der Waals surface area contributed by atoms with E-state index in [4.69, 9.17) is 5.11 Å². The summed E-state index contributed by atoms with van der Waals surface area (Å²) < 4.78 is 0.884. The first-order chi connectivity index (χ1) is 7.57. The van der Waals surface area contributed by atoms with Crippen LogP contribution in [0.4, 0.5) is 0 Å². The maximum atomic E-state index is 11.3. The van der Waals surface area contributed by atoms with E-state index in [-0.39, 0.29) is 18.7 Å². The van der Waals surface area contributed by atoms with Crippen LogP contribution in [0.15, 0.2) is 14.7 Å². The monoisotopic (exact) mass is 228 g/mol. The summed E-state index contributed by atoms with van der Waals surface area (Å²) in [6.45, 7) is 0.119. The molecule has 0 fully saturated rings. The average Bonchev–Trinajstić information content (AvgIpc) is 2.25. The molecule has 8 nitrogen and oxygen atoms in total. The number of rotatable bonds is 4. The minimum Gasteiger partial charge on any atom is -0.494 e. The SMILES string of the molecule is Cn1c(O)c(C=NNCCO)c(=O)[nH]c1=O. The third kappa shape index (κ3) is 2.48. The summed E-state index contributed by atoms with van der Waals surface area (Å²) in [6.07, 6.45) is 1.07. The first-order valence-corrected chi connectivity index (χ1v) is 4.47. The molecule has 0 bridgehead atoms. The Labute approximate surface area is 89.9 Å². The molecule has 0 aliphatic heterocycles. The molecule has 0 spiro atoms. The van der Waals surface area contributed by atoms with E-state index in [1.54, 1.807) is 0 Å². The second-order valence-corrected chi connectivity index (χ2v) is 2.95. The largest absolute Gasteiger partial charge is 0.494 e. The molecule has 0 aliphatic carbocycles. The van der Waals surface area contributed by atoms with Crippen molar-refractivity contribution in [2.45, 2.75) is 0 Å². The number of aromatic amines is 1. The Morgan fingerprint density at radius 3 is 2.88 bits per heavy atom. The Balaban J connectivity index is 3.06. The lowest BCUT2D eigenvalue weighted by molar-refractivity contribution is 0.294. The quantitative estimate of drug-likeness (QED) is 0.262. The van der Waals surface area contributed by atoms with Crippen LogP contribution in [0, 0.1) is 0 Å². The number of aliphatic hydroxyl groups is 1. The van der Waals surface area contributed by atoms with Crippen molar-refractivity contribution in [2.24, 2.45) is 12.1 Å². The van der Waals surface area contributed by atoms with Gasteiger partial charge in [-0.25, -0.2) is 4.79 Å². The van der Waals surface area contributed by atoms with Crippen molar-refractivity contribution in [1.29, 1.82) is 0 Å². The van der Waals surface area contributed by atoms with E-state index in [1.165, 1.54) is 7.05 Å². The summed E-state index contributed by atoms with van der Waals surface area (Å²) in [5, 5.41) is 21.5. The number of aromatic nitrogens is 2. The molecule has 0 aromatic carbocycles. The Morgan fingerprint density at radius 2 is 2.25 bits per heavy atom. The number of hydrazone groups is 1. The van der Waals surface area contributed by atoms with Gasteiger partial charge in [0.2, 0.25) is 5.88 Å². The van der Waals surface area contributed by atoms with Gasteiger partial charge in [0.1, 0.15) is 5.56 Å². The summed E-state index contributed by atoms with van der Waals surface area (Å²) in [5.74, 6) is -0.469. The number of nitrogens with zero attached hydrogens (tertiary/aromatic N) is 2. The van der Waals surface area contributed by atoms with Gasteiger partial charge >= 0.3 is 5.69 Å². The van der Waals surface area contributed by atoms with Gasteiger partial charge in [-0.05, 0) is 0 Å². The molecule has 8 heteroatoms. The summed E-state index contributed by atoms with van der Waals surface area (Å²) in [5.41, 5.74) is 0.876. The van der Waals surface area contributed by atoms with Crippen LogP contribution in [0.5, 0.6) is 5.88 Å². The van der Waals surface area contributed by atoms with Gasteiger partial charge in [0.25, 0.3) is 5.56 Å². The van der Waals surface area contributed by atoms with Gasteiger partial charge in [-0.15, -0.1) is 0 Å². The van der Waals surface area contributed by atoms with Crippen molar-refractivity contribution in [3.8, 4) is 5.88 Å². The van der Waals surface area contributed by atoms with E-state index < -0.39 is 17.1 Å². The van der Waals surface area contributed by atoms with E-state index in [0.717, 1.165) is 10.8 Å². The number of hydrogen-bond donors (Lipinski definition) is 4. The van der Waals surface area contributed by atoms with Crippen LogP contribution >= 0.6 is 0 Å². The third-order valence-electron chi connectivity index (χ3n) is 1.84. The van der Waals surface area contributed by atoms with Gasteiger partial charge in [0.05, 0.1) is 19.4 Å². The highest BCUT2D eigenvalue weighted by Gasteiger charge is 2.08. The molecule has 16 heavy (non-hydrogen) atoms. The van der Waals surface area contributed by atoms with E-state index in [2.05, 4.69) is 10.5 Å². The average molecular weight is 228 g/mol. The highest BCUT2D eigenvalue weighted by molar-refractivity contribution is 5.81. The van der Waals surface area contributed by atoms with E-state index in [1.807, 2.05) is 4.98 Å². The fourth-order valence-corrected chi connectivity index (χ4v) is 0.968. The molecule has 1 heterocycles. The van der Waals surface area contributed by atoms with Crippen molar-refractivity contribution in [3.05, 3.63) is 26.4 Å². The number of hydrogen-bond acceptors (Lipinski definition) is 6. The van der Waals surface area contributed by atoms with E-state index in [9.17, 15) is 14.7 Å². The standard InChI is InChI=1S/C8H12N4O4/c1-12-7(15)5(4-10-9-2-3-13)6(14)11-8(12)16/h4,9,13,15H,2-3H2,1H3,(H,11,14,16). The summed E-state index contributed by atoms with van der Waals surface area (Å²) in [4.78, 5) is 24.3. The zero-order valence-corrected chi connectivity index (χ0v) is 8.60. The molecule has 0 unspecified atom stereocenters. The Bertz CT molecular complexity index is 502. The van der Waals surface area contributed by atoms with Gasteiger partial charge in [0.15, 0.2) is 0 Å². The predicted molar refractivity (Wildman–Crippen MR) is 56.7 cm³/mol. The molecule has 0 atom stereocenters. The molecule has 1 aromatic heterocycles. The first-order valence-electron chi connectivity index (χ1n) is 4.47. The molecule has 0 saturated carbocycles. The van der Waals surface area contributed by atoms with Gasteiger partial charge < -0.3 is 15.6 Å². The zero-order chi connectivity index (χ0) is 12.1. The Hall–Kier alpha value is -2.09. The van der Waals surface area contributed by atoms with Crippen molar-refractivity contribution < 1.29 is 10.2 Å². The van der Waals surface area contributed by atoms with E-state index in [0.29, 0.717) is 0 Å². The molecular weight excluding hydrogens is 216 g/mol. The van der Waals surface area contributed by atoms with Crippen molar-refractivity contribution in [3.63, 3.8) is 0 Å². The lowest BCUT2D eigenvalue weighted by Gasteiger charge is -2.02. The smallest absolute Gasteiger partial charge is 0.330 e. The maximum absolute atomic E-state index is 11.3. The lowest BCUT2D eigenvalue weighted by Crippen LogP contribution is -2.30. The van der Waals surface area contributed by atoms with Crippen molar-refractivity contribution in [2.75, 3.05) is 13.2 Å². The Kier molecular flexibility index (Phi) is 3.84. The molecule has 0 saturated heterocycles. The molecular formula is C8H12N4O4. The molecule has 0 amide bonds. The summed E-state index contributed by atoms with van der Waals surface area (Å²) in [6, 6.07) is 0. The van der Waals surface area contributed by atoms with Crippen molar-refractivity contribution in [1.82, 2.24) is 15.0 Å². The second kappa shape index (κ2) is 5.12.